The fourth-order valence-electron chi connectivity index (χ4n) is 1.41. The van der Waals surface area contributed by atoms with E-state index in [4.69, 9.17) is 10.3 Å². The lowest BCUT2D eigenvalue weighted by molar-refractivity contribution is 0.458. The van der Waals surface area contributed by atoms with E-state index < -0.39 is 11.4 Å². The van der Waals surface area contributed by atoms with Gasteiger partial charge in [-0.15, -0.1) is 0 Å². The highest BCUT2D eigenvalue weighted by Crippen LogP contribution is 2.25. The van der Waals surface area contributed by atoms with Crippen molar-refractivity contribution < 1.29 is 12.9 Å². The maximum atomic E-state index is 10.4. The van der Waals surface area contributed by atoms with Crippen molar-refractivity contribution in [2.75, 3.05) is 5.73 Å². The van der Waals surface area contributed by atoms with Gasteiger partial charge in [0.25, 0.3) is 0 Å². The van der Waals surface area contributed by atoms with Gasteiger partial charge >= 0.3 is 11.4 Å². The van der Waals surface area contributed by atoms with Crippen molar-refractivity contribution in [3.8, 4) is 5.75 Å². The number of fused-ring (bicyclic) bond motifs is 1. The molecule has 0 spiro atoms. The van der Waals surface area contributed by atoms with E-state index in [0.717, 1.165) is 10.8 Å². The summed E-state index contributed by atoms with van der Waals surface area (Å²) >= 11 is -2.31. The normalized spacial score (nSPS) is 12.6. The molecule has 0 bridgehead atoms. The monoisotopic (exact) mass is 223 g/mol. The van der Waals surface area contributed by atoms with Crippen LogP contribution >= 0.6 is 0 Å². The first-order chi connectivity index (χ1) is 7.16. The van der Waals surface area contributed by atoms with Gasteiger partial charge in [-0.25, -0.2) is 0 Å². The standard InChI is InChI=1S/C10H9NO3S/c11-10-3-1-2-7-4-5-8(6-9(7)10)14-15(12)13/h1-6H,11H2,(H,12,13). The lowest BCUT2D eigenvalue weighted by atomic mass is 10.1. The Morgan fingerprint density at radius 3 is 2.80 bits per heavy atom. The highest BCUT2D eigenvalue weighted by molar-refractivity contribution is 7.74. The van der Waals surface area contributed by atoms with Crippen LogP contribution < -0.4 is 9.92 Å². The molecule has 1 atom stereocenters. The molecule has 2 rings (SSSR count). The first-order valence-electron chi connectivity index (χ1n) is 4.24. The lowest BCUT2D eigenvalue weighted by Gasteiger charge is -2.04. The molecule has 0 aromatic heterocycles. The zero-order valence-corrected chi connectivity index (χ0v) is 8.53. The van der Waals surface area contributed by atoms with E-state index in [9.17, 15) is 4.21 Å². The average molecular weight is 223 g/mol. The van der Waals surface area contributed by atoms with Crippen molar-refractivity contribution >= 4 is 27.8 Å². The number of rotatable bonds is 2. The van der Waals surface area contributed by atoms with E-state index in [1.807, 2.05) is 12.1 Å². The van der Waals surface area contributed by atoms with Gasteiger partial charge in [0.2, 0.25) is 0 Å². The van der Waals surface area contributed by atoms with Gasteiger partial charge in [0.05, 0.1) is 0 Å². The largest absolute Gasteiger partial charge is 0.398 e. The van der Waals surface area contributed by atoms with Gasteiger partial charge in [-0.2, -0.15) is 4.21 Å². The van der Waals surface area contributed by atoms with Crippen molar-refractivity contribution in [3.05, 3.63) is 36.4 Å². The summed E-state index contributed by atoms with van der Waals surface area (Å²) in [4.78, 5) is 0. The first kappa shape index (κ1) is 9.95. The summed E-state index contributed by atoms with van der Waals surface area (Å²) in [5.41, 5.74) is 6.37. The minimum absolute atomic E-state index is 0.321. The second-order valence-electron chi connectivity index (χ2n) is 3.03. The summed E-state index contributed by atoms with van der Waals surface area (Å²) in [6.07, 6.45) is 0. The zero-order valence-electron chi connectivity index (χ0n) is 7.71. The predicted molar refractivity (Wildman–Crippen MR) is 59.8 cm³/mol. The van der Waals surface area contributed by atoms with E-state index in [0.29, 0.717) is 11.4 Å². The molecular formula is C10H9NO3S. The van der Waals surface area contributed by atoms with Crippen molar-refractivity contribution in [3.63, 3.8) is 0 Å². The molecule has 0 saturated carbocycles. The third kappa shape index (κ3) is 2.08. The summed E-state index contributed by atoms with van der Waals surface area (Å²) in [6, 6.07) is 10.6. The Balaban J connectivity index is 2.54. The van der Waals surface area contributed by atoms with Gasteiger partial charge in [-0.05, 0) is 23.6 Å². The van der Waals surface area contributed by atoms with Crippen LogP contribution in [0.25, 0.3) is 10.8 Å². The number of hydrogen-bond acceptors (Lipinski definition) is 3. The average Bonchev–Trinajstić information content (AvgIpc) is 2.18. The van der Waals surface area contributed by atoms with Gasteiger partial charge in [0, 0.05) is 11.1 Å². The SMILES string of the molecule is Nc1cccc2ccc(OS(=O)O)cc12. The Kier molecular flexibility index (Phi) is 2.57. The summed E-state index contributed by atoms with van der Waals surface area (Å²) in [7, 11) is 0. The van der Waals surface area contributed by atoms with E-state index in [2.05, 4.69) is 4.18 Å². The molecule has 0 aliphatic carbocycles. The van der Waals surface area contributed by atoms with Crippen LogP contribution in [-0.4, -0.2) is 8.76 Å². The maximum absolute atomic E-state index is 10.4. The molecule has 0 aliphatic rings. The number of hydrogen-bond donors (Lipinski definition) is 2. The van der Waals surface area contributed by atoms with Crippen LogP contribution in [0, 0.1) is 0 Å². The molecule has 2 aromatic rings. The molecule has 0 fully saturated rings. The molecular weight excluding hydrogens is 214 g/mol. The quantitative estimate of drug-likeness (QED) is 0.602. The van der Waals surface area contributed by atoms with Gasteiger partial charge in [0.1, 0.15) is 5.75 Å². The minimum Gasteiger partial charge on any atom is -0.398 e. The predicted octanol–water partition coefficient (Wildman–Crippen LogP) is 1.94. The lowest BCUT2D eigenvalue weighted by Crippen LogP contribution is -1.97. The summed E-state index contributed by atoms with van der Waals surface area (Å²) in [5, 5.41) is 1.77. The molecule has 0 radical (unpaired) electrons. The number of benzene rings is 2. The van der Waals surface area contributed by atoms with Crippen LogP contribution in [0.4, 0.5) is 5.69 Å². The zero-order chi connectivity index (χ0) is 10.8. The van der Waals surface area contributed by atoms with E-state index in [1.165, 1.54) is 0 Å². The van der Waals surface area contributed by atoms with Crippen LogP contribution in [0.1, 0.15) is 0 Å². The van der Waals surface area contributed by atoms with Crippen LogP contribution in [0.2, 0.25) is 0 Å². The number of anilines is 1. The number of nitrogen functional groups attached to an aromatic ring is 1. The maximum Gasteiger partial charge on any atom is 0.357 e. The third-order valence-electron chi connectivity index (χ3n) is 2.05. The molecule has 1 unspecified atom stereocenters. The second-order valence-corrected chi connectivity index (χ2v) is 3.63. The molecule has 5 heteroatoms. The Labute approximate surface area is 89.2 Å². The van der Waals surface area contributed by atoms with Gasteiger partial charge in [-0.1, -0.05) is 18.2 Å². The van der Waals surface area contributed by atoms with Crippen LogP contribution in [0.15, 0.2) is 36.4 Å². The molecule has 0 aliphatic heterocycles. The van der Waals surface area contributed by atoms with Gasteiger partial charge < -0.3 is 9.92 Å². The van der Waals surface area contributed by atoms with Crippen LogP contribution in [0.5, 0.6) is 5.75 Å². The van der Waals surface area contributed by atoms with Crippen LogP contribution in [0.3, 0.4) is 0 Å². The molecule has 15 heavy (non-hydrogen) atoms. The van der Waals surface area contributed by atoms with Crippen molar-refractivity contribution in [1.82, 2.24) is 0 Å². The Hall–Kier alpha value is -1.59. The van der Waals surface area contributed by atoms with E-state index in [1.54, 1.807) is 24.3 Å². The molecule has 0 saturated heterocycles. The molecule has 0 amide bonds. The Morgan fingerprint density at radius 1 is 1.27 bits per heavy atom. The highest BCUT2D eigenvalue weighted by atomic mass is 32.2. The van der Waals surface area contributed by atoms with Crippen molar-refractivity contribution in [1.29, 1.82) is 0 Å². The molecule has 4 nitrogen and oxygen atoms in total. The van der Waals surface area contributed by atoms with Crippen molar-refractivity contribution in [2.45, 2.75) is 0 Å². The van der Waals surface area contributed by atoms with Gasteiger partial charge in [0.15, 0.2) is 0 Å². The summed E-state index contributed by atoms with van der Waals surface area (Å²) < 4.78 is 23.7. The Morgan fingerprint density at radius 2 is 2.07 bits per heavy atom. The highest BCUT2D eigenvalue weighted by Gasteiger charge is 2.02. The smallest absolute Gasteiger partial charge is 0.357 e. The minimum atomic E-state index is -2.31. The van der Waals surface area contributed by atoms with Gasteiger partial charge in [-0.3, -0.25) is 4.55 Å². The fraction of sp³-hybridized carbons (Fsp3) is 0. The summed E-state index contributed by atoms with van der Waals surface area (Å²) in [6.45, 7) is 0. The molecule has 78 valence electrons. The van der Waals surface area contributed by atoms with Crippen LogP contribution in [-0.2, 0) is 11.4 Å². The Bertz CT molecular complexity index is 527. The number of nitrogens with two attached hydrogens (primary N) is 1. The van der Waals surface area contributed by atoms with E-state index >= 15 is 0 Å². The van der Waals surface area contributed by atoms with E-state index in [-0.39, 0.29) is 0 Å². The molecule has 0 heterocycles. The molecule has 3 N–H and O–H groups in total. The summed E-state index contributed by atoms with van der Waals surface area (Å²) in [5.74, 6) is 0.321. The third-order valence-corrected chi connectivity index (χ3v) is 2.39. The second kappa shape index (κ2) is 3.88. The van der Waals surface area contributed by atoms with Crippen molar-refractivity contribution in [2.24, 2.45) is 0 Å². The fourth-order valence-corrected chi connectivity index (χ4v) is 1.68. The molecule has 2 aromatic carbocycles. The first-order valence-corrected chi connectivity index (χ1v) is 5.27. The topological polar surface area (TPSA) is 72.5 Å².